The molecule has 2 N–H and O–H groups in total. The first-order valence-electron chi connectivity index (χ1n) is 9.68. The zero-order valence-corrected chi connectivity index (χ0v) is 17.5. The Labute approximate surface area is 184 Å². The Morgan fingerprint density at radius 3 is 2.48 bits per heavy atom. The highest BCUT2D eigenvalue weighted by atomic mass is 35.5. The molecule has 8 heteroatoms. The van der Waals surface area contributed by atoms with Gasteiger partial charge in [0.1, 0.15) is 23.6 Å². The fourth-order valence-corrected chi connectivity index (χ4v) is 3.56. The molecule has 1 aromatic heterocycles. The number of nitrogens with one attached hydrogen (secondary N) is 2. The molecule has 0 saturated carbocycles. The molecule has 4 rings (SSSR count). The Bertz CT molecular complexity index is 1130. The number of urea groups is 1. The number of nitrogens with zero attached hydrogens (tertiary/aromatic N) is 1. The molecular weight excluding hydrogens is 418 g/mol. The number of carbonyl (C=O) groups excluding carboxylic acids is 3. The van der Waals surface area contributed by atoms with Crippen LogP contribution in [-0.2, 0) is 21.7 Å². The molecule has 4 amide bonds. The van der Waals surface area contributed by atoms with Crippen LogP contribution in [0.1, 0.15) is 18.2 Å². The summed E-state index contributed by atoms with van der Waals surface area (Å²) >= 11 is 5.90. The largest absolute Gasteiger partial charge is 0.459 e. The second-order valence-corrected chi connectivity index (χ2v) is 7.80. The molecule has 0 unspecified atom stereocenters. The van der Waals surface area contributed by atoms with Crippen molar-refractivity contribution in [3.8, 4) is 11.3 Å². The van der Waals surface area contributed by atoms with E-state index in [-0.39, 0.29) is 13.1 Å². The van der Waals surface area contributed by atoms with Gasteiger partial charge in [0.05, 0.1) is 6.54 Å². The van der Waals surface area contributed by atoms with Crippen molar-refractivity contribution in [3.05, 3.63) is 83.1 Å². The molecule has 0 aliphatic carbocycles. The van der Waals surface area contributed by atoms with E-state index in [4.69, 9.17) is 16.0 Å². The minimum atomic E-state index is -1.20. The van der Waals surface area contributed by atoms with Crippen molar-refractivity contribution in [3.63, 3.8) is 0 Å². The van der Waals surface area contributed by atoms with E-state index in [1.165, 1.54) is 0 Å². The number of hydrogen-bond acceptors (Lipinski definition) is 4. The van der Waals surface area contributed by atoms with Gasteiger partial charge in [0.2, 0.25) is 5.91 Å². The fourth-order valence-electron chi connectivity index (χ4n) is 3.44. The first-order valence-corrected chi connectivity index (χ1v) is 10.1. The minimum absolute atomic E-state index is 0.131. The molecule has 3 aromatic rings. The minimum Gasteiger partial charge on any atom is -0.459 e. The summed E-state index contributed by atoms with van der Waals surface area (Å²) in [5, 5.41) is 5.99. The van der Waals surface area contributed by atoms with Gasteiger partial charge in [-0.15, -0.1) is 0 Å². The maximum absolute atomic E-state index is 12.9. The lowest BCUT2D eigenvalue weighted by Gasteiger charge is -2.22. The molecule has 1 aliphatic rings. The number of hydrogen-bond donors (Lipinski definition) is 2. The van der Waals surface area contributed by atoms with Gasteiger partial charge in [-0.3, -0.25) is 14.5 Å². The molecule has 0 spiro atoms. The Kier molecular flexibility index (Phi) is 5.52. The number of imide groups is 1. The van der Waals surface area contributed by atoms with E-state index < -0.39 is 23.4 Å². The van der Waals surface area contributed by atoms with Gasteiger partial charge in [0.25, 0.3) is 5.91 Å². The van der Waals surface area contributed by atoms with Crippen LogP contribution in [0.5, 0.6) is 0 Å². The first kappa shape index (κ1) is 20.7. The van der Waals surface area contributed by atoms with Gasteiger partial charge in [0, 0.05) is 10.6 Å². The summed E-state index contributed by atoms with van der Waals surface area (Å²) in [6, 6.07) is 19.1. The zero-order chi connectivity index (χ0) is 22.0. The third-order valence-electron chi connectivity index (χ3n) is 5.18. The molecule has 7 nitrogen and oxygen atoms in total. The summed E-state index contributed by atoms with van der Waals surface area (Å²) < 4.78 is 5.75. The highest BCUT2D eigenvalue weighted by Crippen LogP contribution is 2.28. The molecule has 158 valence electrons. The van der Waals surface area contributed by atoms with Crippen molar-refractivity contribution in [2.75, 3.05) is 6.54 Å². The molecule has 1 saturated heterocycles. The summed E-state index contributed by atoms with van der Waals surface area (Å²) in [5.74, 6) is 0.255. The number of rotatable bonds is 6. The average molecular weight is 438 g/mol. The van der Waals surface area contributed by atoms with Crippen molar-refractivity contribution < 1.29 is 18.8 Å². The van der Waals surface area contributed by atoms with E-state index in [2.05, 4.69) is 10.6 Å². The molecule has 2 heterocycles. The number of carbonyl (C=O) groups is 3. The maximum Gasteiger partial charge on any atom is 0.325 e. The van der Waals surface area contributed by atoms with Crippen LogP contribution in [0.15, 0.2) is 71.1 Å². The lowest BCUT2D eigenvalue weighted by molar-refractivity contribution is -0.134. The molecular formula is C23H20ClN3O4. The summed E-state index contributed by atoms with van der Waals surface area (Å²) in [4.78, 5) is 38.5. The van der Waals surface area contributed by atoms with Crippen LogP contribution in [0, 0.1) is 0 Å². The Morgan fingerprint density at radius 1 is 1.06 bits per heavy atom. The molecule has 31 heavy (non-hydrogen) atoms. The van der Waals surface area contributed by atoms with Gasteiger partial charge in [-0.2, -0.15) is 0 Å². The standard InChI is InChI=1S/C23H20ClN3O4/c1-23(16-5-3-2-4-6-16)21(29)27(22(30)26-23)14-20(28)25-13-18-11-12-19(31-18)15-7-9-17(24)10-8-15/h2-12H,13-14H2,1H3,(H,25,28)(H,26,30)/t23-/m1/s1. The van der Waals surface area contributed by atoms with Crippen LogP contribution in [-0.4, -0.2) is 29.3 Å². The second kappa shape index (κ2) is 8.28. The third-order valence-corrected chi connectivity index (χ3v) is 5.43. The Morgan fingerprint density at radius 2 is 1.77 bits per heavy atom. The summed E-state index contributed by atoms with van der Waals surface area (Å²) in [6.07, 6.45) is 0. The average Bonchev–Trinajstić information content (AvgIpc) is 3.33. The third kappa shape index (κ3) is 4.18. The SMILES string of the molecule is C[C@]1(c2ccccc2)NC(=O)N(CC(=O)NCc2ccc(-c3ccc(Cl)cc3)o2)C1=O. The molecule has 1 aliphatic heterocycles. The van der Waals surface area contributed by atoms with Gasteiger partial charge >= 0.3 is 6.03 Å². The highest BCUT2D eigenvalue weighted by Gasteiger charge is 2.49. The van der Waals surface area contributed by atoms with Crippen LogP contribution < -0.4 is 10.6 Å². The maximum atomic E-state index is 12.9. The lowest BCUT2D eigenvalue weighted by Crippen LogP contribution is -2.43. The number of furan rings is 1. The quantitative estimate of drug-likeness (QED) is 0.575. The Balaban J connectivity index is 1.37. The van der Waals surface area contributed by atoms with E-state index in [0.29, 0.717) is 22.1 Å². The topological polar surface area (TPSA) is 91.7 Å². The summed E-state index contributed by atoms with van der Waals surface area (Å²) in [6.45, 7) is 1.38. The predicted octanol–water partition coefficient (Wildman–Crippen LogP) is 3.68. The second-order valence-electron chi connectivity index (χ2n) is 7.36. The lowest BCUT2D eigenvalue weighted by atomic mass is 9.92. The van der Waals surface area contributed by atoms with E-state index in [9.17, 15) is 14.4 Å². The van der Waals surface area contributed by atoms with Crippen LogP contribution in [0.2, 0.25) is 5.02 Å². The van der Waals surface area contributed by atoms with Crippen LogP contribution in [0.25, 0.3) is 11.3 Å². The highest BCUT2D eigenvalue weighted by molar-refractivity contribution is 6.30. The monoisotopic (exact) mass is 437 g/mol. The zero-order valence-electron chi connectivity index (χ0n) is 16.7. The van der Waals surface area contributed by atoms with Gasteiger partial charge in [-0.05, 0) is 48.9 Å². The van der Waals surface area contributed by atoms with Crippen molar-refractivity contribution in [2.24, 2.45) is 0 Å². The van der Waals surface area contributed by atoms with Crippen molar-refractivity contribution in [1.82, 2.24) is 15.5 Å². The number of halogens is 1. The molecule has 0 radical (unpaired) electrons. The normalized spacial score (nSPS) is 18.2. The fraction of sp³-hybridized carbons (Fsp3) is 0.174. The van der Waals surface area contributed by atoms with Gasteiger partial charge < -0.3 is 15.1 Å². The van der Waals surface area contributed by atoms with E-state index >= 15 is 0 Å². The molecule has 0 bridgehead atoms. The summed E-state index contributed by atoms with van der Waals surface area (Å²) in [7, 11) is 0. The van der Waals surface area contributed by atoms with Crippen molar-refractivity contribution in [2.45, 2.75) is 19.0 Å². The number of benzene rings is 2. The van der Waals surface area contributed by atoms with E-state index in [1.54, 1.807) is 55.5 Å². The summed E-state index contributed by atoms with van der Waals surface area (Å²) in [5.41, 5.74) is 0.315. The van der Waals surface area contributed by atoms with Crippen LogP contribution >= 0.6 is 11.6 Å². The van der Waals surface area contributed by atoms with Gasteiger partial charge in [-0.25, -0.2) is 4.79 Å². The first-order chi connectivity index (χ1) is 14.9. The molecule has 1 fully saturated rings. The van der Waals surface area contributed by atoms with Crippen LogP contribution in [0.3, 0.4) is 0 Å². The molecule has 2 aromatic carbocycles. The van der Waals surface area contributed by atoms with Gasteiger partial charge in [0.15, 0.2) is 0 Å². The van der Waals surface area contributed by atoms with Crippen molar-refractivity contribution in [1.29, 1.82) is 0 Å². The molecule has 1 atom stereocenters. The smallest absolute Gasteiger partial charge is 0.325 e. The predicted molar refractivity (Wildman–Crippen MR) is 115 cm³/mol. The van der Waals surface area contributed by atoms with Crippen molar-refractivity contribution >= 4 is 29.4 Å². The number of amides is 4. The Hall–Kier alpha value is -3.58. The van der Waals surface area contributed by atoms with E-state index in [1.807, 2.05) is 18.2 Å². The van der Waals surface area contributed by atoms with E-state index in [0.717, 1.165) is 10.5 Å². The van der Waals surface area contributed by atoms with Gasteiger partial charge in [-0.1, -0.05) is 41.9 Å². The van der Waals surface area contributed by atoms with Crippen LogP contribution in [0.4, 0.5) is 4.79 Å².